The number of nitrogens with zero attached hydrogens (tertiary/aromatic N) is 1. The van der Waals surface area contributed by atoms with Crippen LogP contribution >= 0.6 is 0 Å². The van der Waals surface area contributed by atoms with Gasteiger partial charge in [-0.05, 0) is 43.5 Å². The zero-order chi connectivity index (χ0) is 17.8. The molecule has 0 saturated carbocycles. The molecule has 2 aromatic carbocycles. The van der Waals surface area contributed by atoms with E-state index in [1.807, 2.05) is 24.3 Å². The molecule has 3 nitrogen and oxygen atoms in total. The highest BCUT2D eigenvalue weighted by Crippen LogP contribution is 2.36. The Bertz CT molecular complexity index is 881. The first-order valence-electron chi connectivity index (χ1n) is 8.72. The maximum atomic E-state index is 13.4. The van der Waals surface area contributed by atoms with Crippen LogP contribution in [-0.4, -0.2) is 17.3 Å². The van der Waals surface area contributed by atoms with Crippen LogP contribution in [0.2, 0.25) is 0 Å². The van der Waals surface area contributed by atoms with E-state index in [4.69, 9.17) is 4.74 Å². The molecule has 0 spiro atoms. The molecule has 4 heteroatoms. The van der Waals surface area contributed by atoms with Crippen LogP contribution in [0, 0.1) is 5.82 Å². The second-order valence-electron chi connectivity index (χ2n) is 5.98. The third-order valence-electron chi connectivity index (χ3n) is 4.32. The second kappa shape index (κ2) is 7.51. The lowest BCUT2D eigenvalue weighted by Gasteiger charge is -2.11. The van der Waals surface area contributed by atoms with Crippen LogP contribution in [0.15, 0.2) is 48.5 Å². The number of aromatic nitrogens is 1. The number of para-hydroxylation sites is 1. The van der Waals surface area contributed by atoms with E-state index in [1.54, 1.807) is 23.6 Å². The maximum absolute atomic E-state index is 13.4. The quantitative estimate of drug-likeness (QED) is 0.589. The summed E-state index contributed by atoms with van der Waals surface area (Å²) in [6.07, 6.45) is 2.38. The number of fused-ring (bicyclic) bond motifs is 1. The third-order valence-corrected chi connectivity index (χ3v) is 4.32. The Balaban J connectivity index is 2.29. The topological polar surface area (TPSA) is 31.2 Å². The van der Waals surface area contributed by atoms with Gasteiger partial charge in [0.2, 0.25) is 0 Å². The number of unbranched alkanes of at least 4 members (excludes halogenated alkanes) is 1. The largest absolute Gasteiger partial charge is 0.449 e. The smallest absolute Gasteiger partial charge is 0.418 e. The molecule has 0 bridgehead atoms. The summed E-state index contributed by atoms with van der Waals surface area (Å²) in [5, 5.41) is 0.980. The molecule has 0 aliphatic carbocycles. The van der Waals surface area contributed by atoms with Crippen molar-refractivity contribution >= 4 is 17.0 Å². The lowest BCUT2D eigenvalue weighted by molar-refractivity contribution is 0.154. The summed E-state index contributed by atoms with van der Waals surface area (Å²) in [5.41, 5.74) is 3.64. The Morgan fingerprint density at radius 3 is 2.48 bits per heavy atom. The number of hydrogen-bond acceptors (Lipinski definition) is 2. The van der Waals surface area contributed by atoms with Gasteiger partial charge < -0.3 is 4.74 Å². The summed E-state index contributed by atoms with van der Waals surface area (Å²) >= 11 is 0. The summed E-state index contributed by atoms with van der Waals surface area (Å²) in [6.45, 7) is 4.25. The maximum Gasteiger partial charge on any atom is 0.418 e. The SMILES string of the molecule is CCCCc1c(-c2ccc(F)cc2)c2ccccc2n1C(=O)OCC. The molecule has 3 rings (SSSR count). The molecule has 0 fully saturated rings. The van der Waals surface area contributed by atoms with Crippen molar-refractivity contribution in [3.05, 3.63) is 60.0 Å². The van der Waals surface area contributed by atoms with E-state index in [1.165, 1.54) is 12.1 Å². The van der Waals surface area contributed by atoms with Crippen molar-refractivity contribution < 1.29 is 13.9 Å². The van der Waals surface area contributed by atoms with Crippen LogP contribution in [0.3, 0.4) is 0 Å². The molecule has 3 aromatic rings. The van der Waals surface area contributed by atoms with E-state index < -0.39 is 0 Å². The fraction of sp³-hybridized carbons (Fsp3) is 0.286. The van der Waals surface area contributed by atoms with Crippen molar-refractivity contribution in [2.45, 2.75) is 33.1 Å². The van der Waals surface area contributed by atoms with Gasteiger partial charge in [0.1, 0.15) is 5.82 Å². The predicted molar refractivity (Wildman–Crippen MR) is 98.4 cm³/mol. The van der Waals surface area contributed by atoms with E-state index in [2.05, 4.69) is 6.92 Å². The molecule has 0 saturated heterocycles. The zero-order valence-corrected chi connectivity index (χ0v) is 14.6. The van der Waals surface area contributed by atoms with Crippen molar-refractivity contribution in [1.29, 1.82) is 0 Å². The predicted octanol–water partition coefficient (Wildman–Crippen LogP) is 5.79. The van der Waals surface area contributed by atoms with Gasteiger partial charge in [-0.3, -0.25) is 0 Å². The summed E-state index contributed by atoms with van der Waals surface area (Å²) < 4.78 is 20.3. The van der Waals surface area contributed by atoms with Crippen LogP contribution in [-0.2, 0) is 11.2 Å². The number of carbonyl (C=O) groups excluding carboxylic acids is 1. The van der Waals surface area contributed by atoms with Crippen molar-refractivity contribution in [3.63, 3.8) is 0 Å². The molecule has 0 aliphatic rings. The second-order valence-corrected chi connectivity index (χ2v) is 5.98. The Labute approximate surface area is 147 Å². The van der Waals surface area contributed by atoms with Crippen LogP contribution in [0.1, 0.15) is 32.4 Å². The highest BCUT2D eigenvalue weighted by Gasteiger charge is 2.22. The third kappa shape index (κ3) is 3.29. The fourth-order valence-corrected chi connectivity index (χ4v) is 3.21. The highest BCUT2D eigenvalue weighted by molar-refractivity contribution is 6.02. The molecule has 0 radical (unpaired) electrons. The van der Waals surface area contributed by atoms with E-state index in [-0.39, 0.29) is 11.9 Å². The lowest BCUT2D eigenvalue weighted by atomic mass is 9.99. The van der Waals surface area contributed by atoms with Crippen LogP contribution in [0.4, 0.5) is 9.18 Å². The normalized spacial score (nSPS) is 11.0. The molecule has 0 amide bonds. The zero-order valence-electron chi connectivity index (χ0n) is 14.6. The Hall–Kier alpha value is -2.62. The lowest BCUT2D eigenvalue weighted by Crippen LogP contribution is -2.16. The first-order valence-corrected chi connectivity index (χ1v) is 8.72. The molecule has 1 aromatic heterocycles. The molecule has 0 atom stereocenters. The number of rotatable bonds is 5. The van der Waals surface area contributed by atoms with Crippen molar-refractivity contribution in [1.82, 2.24) is 4.57 Å². The number of hydrogen-bond donors (Lipinski definition) is 0. The minimum Gasteiger partial charge on any atom is -0.449 e. The van der Waals surface area contributed by atoms with E-state index >= 15 is 0 Å². The minimum absolute atomic E-state index is 0.270. The molecule has 1 heterocycles. The van der Waals surface area contributed by atoms with Gasteiger partial charge in [0.25, 0.3) is 0 Å². The highest BCUT2D eigenvalue weighted by atomic mass is 19.1. The monoisotopic (exact) mass is 339 g/mol. The molecule has 0 unspecified atom stereocenters. The fourth-order valence-electron chi connectivity index (χ4n) is 3.21. The van der Waals surface area contributed by atoms with Gasteiger partial charge in [0, 0.05) is 16.6 Å². The molecule has 25 heavy (non-hydrogen) atoms. The van der Waals surface area contributed by atoms with Crippen LogP contribution in [0.5, 0.6) is 0 Å². The molecule has 0 N–H and O–H groups in total. The molecule has 130 valence electrons. The van der Waals surface area contributed by atoms with Gasteiger partial charge in [-0.2, -0.15) is 0 Å². The average Bonchev–Trinajstić information content (AvgIpc) is 2.95. The number of halogens is 1. The molecule has 0 aliphatic heterocycles. The molecular formula is C21H22FNO2. The van der Waals surface area contributed by atoms with E-state index in [0.29, 0.717) is 6.61 Å². The van der Waals surface area contributed by atoms with Gasteiger partial charge in [0.15, 0.2) is 0 Å². The Kier molecular flexibility index (Phi) is 5.17. The summed E-state index contributed by atoms with van der Waals surface area (Å²) in [5.74, 6) is -0.270. The first-order chi connectivity index (χ1) is 12.2. The average molecular weight is 339 g/mol. The van der Waals surface area contributed by atoms with Gasteiger partial charge in [-0.1, -0.05) is 43.7 Å². The summed E-state index contributed by atoms with van der Waals surface area (Å²) in [4.78, 5) is 12.6. The summed E-state index contributed by atoms with van der Waals surface area (Å²) in [7, 11) is 0. The Morgan fingerprint density at radius 1 is 1.08 bits per heavy atom. The van der Waals surface area contributed by atoms with Crippen molar-refractivity contribution in [2.24, 2.45) is 0 Å². The van der Waals surface area contributed by atoms with Gasteiger partial charge in [-0.15, -0.1) is 0 Å². The first kappa shape index (κ1) is 17.2. The van der Waals surface area contributed by atoms with Gasteiger partial charge >= 0.3 is 6.09 Å². The van der Waals surface area contributed by atoms with Gasteiger partial charge in [0.05, 0.1) is 12.1 Å². The number of ether oxygens (including phenoxy) is 1. The van der Waals surface area contributed by atoms with Crippen molar-refractivity contribution in [3.8, 4) is 11.1 Å². The number of benzene rings is 2. The summed E-state index contributed by atoms with van der Waals surface area (Å²) in [6, 6.07) is 14.2. The van der Waals surface area contributed by atoms with Gasteiger partial charge in [-0.25, -0.2) is 13.8 Å². The van der Waals surface area contributed by atoms with Crippen LogP contribution in [0.25, 0.3) is 22.0 Å². The van der Waals surface area contributed by atoms with Crippen molar-refractivity contribution in [2.75, 3.05) is 6.61 Å². The van der Waals surface area contributed by atoms with E-state index in [9.17, 15) is 9.18 Å². The minimum atomic E-state index is -0.363. The van der Waals surface area contributed by atoms with E-state index in [0.717, 1.165) is 47.0 Å². The standard InChI is InChI=1S/C21H22FNO2/c1-3-5-9-19-20(15-11-13-16(22)14-12-15)17-8-6-7-10-18(17)23(19)21(24)25-4-2/h6-8,10-14H,3-5,9H2,1-2H3. The Morgan fingerprint density at radius 2 is 1.80 bits per heavy atom. The molecular weight excluding hydrogens is 317 g/mol. The number of carbonyl (C=O) groups is 1. The van der Waals surface area contributed by atoms with Crippen LogP contribution < -0.4 is 0 Å².